The highest BCUT2D eigenvalue weighted by molar-refractivity contribution is 5.54. The van der Waals surface area contributed by atoms with E-state index in [-0.39, 0.29) is 11.9 Å². The molecule has 1 aromatic rings. The molecule has 1 aliphatic carbocycles. The third kappa shape index (κ3) is 4.44. The van der Waals surface area contributed by atoms with Crippen LogP contribution >= 0.6 is 0 Å². The van der Waals surface area contributed by atoms with Gasteiger partial charge in [-0.05, 0) is 43.7 Å². The van der Waals surface area contributed by atoms with Crippen molar-refractivity contribution in [3.05, 3.63) is 29.6 Å². The standard InChI is InChI=1S/C18H29FN2/c1-3-15(20)12-16-17(19)10-7-11-18(16)21(2)13-14-8-5-4-6-9-14/h7,10-11,14-15H,3-6,8-9,12-13,20H2,1-2H3. The van der Waals surface area contributed by atoms with Gasteiger partial charge in [0.1, 0.15) is 5.82 Å². The SMILES string of the molecule is CCC(N)Cc1c(F)cccc1N(C)CC1CCCCC1. The van der Waals surface area contributed by atoms with Crippen molar-refractivity contribution in [2.75, 3.05) is 18.5 Å². The molecule has 0 heterocycles. The molecule has 2 rings (SSSR count). The molecule has 2 nitrogen and oxygen atoms in total. The highest BCUT2D eigenvalue weighted by atomic mass is 19.1. The van der Waals surface area contributed by atoms with E-state index in [0.29, 0.717) is 6.42 Å². The molecule has 1 saturated carbocycles. The maximum atomic E-state index is 14.2. The number of nitrogens with zero attached hydrogens (tertiary/aromatic N) is 1. The topological polar surface area (TPSA) is 29.3 Å². The smallest absolute Gasteiger partial charge is 0.128 e. The molecule has 0 spiro atoms. The lowest BCUT2D eigenvalue weighted by Crippen LogP contribution is -2.29. The minimum atomic E-state index is -0.119. The number of hydrogen-bond acceptors (Lipinski definition) is 2. The van der Waals surface area contributed by atoms with E-state index in [9.17, 15) is 4.39 Å². The Morgan fingerprint density at radius 1 is 1.29 bits per heavy atom. The van der Waals surface area contributed by atoms with Crippen LogP contribution in [0.2, 0.25) is 0 Å². The van der Waals surface area contributed by atoms with Gasteiger partial charge in [0.2, 0.25) is 0 Å². The molecule has 1 unspecified atom stereocenters. The van der Waals surface area contributed by atoms with Crippen LogP contribution in [0.15, 0.2) is 18.2 Å². The minimum Gasteiger partial charge on any atom is -0.374 e. The Hall–Kier alpha value is -1.09. The molecule has 3 heteroatoms. The van der Waals surface area contributed by atoms with Gasteiger partial charge < -0.3 is 10.6 Å². The third-order valence-electron chi connectivity index (χ3n) is 4.75. The fourth-order valence-electron chi connectivity index (χ4n) is 3.37. The first-order valence-corrected chi connectivity index (χ1v) is 8.36. The first-order valence-electron chi connectivity index (χ1n) is 8.36. The average Bonchev–Trinajstić information content (AvgIpc) is 2.50. The molecular formula is C18H29FN2. The molecule has 0 aromatic heterocycles. The van der Waals surface area contributed by atoms with E-state index in [1.165, 1.54) is 32.1 Å². The van der Waals surface area contributed by atoms with Crippen LogP contribution in [0.3, 0.4) is 0 Å². The summed E-state index contributed by atoms with van der Waals surface area (Å²) in [5.41, 5.74) is 7.84. The fraction of sp³-hybridized carbons (Fsp3) is 0.667. The number of anilines is 1. The molecule has 0 amide bonds. The van der Waals surface area contributed by atoms with E-state index in [0.717, 1.165) is 30.1 Å². The summed E-state index contributed by atoms with van der Waals surface area (Å²) in [6, 6.07) is 5.42. The van der Waals surface area contributed by atoms with Crippen LogP contribution in [-0.2, 0) is 6.42 Å². The van der Waals surface area contributed by atoms with Gasteiger partial charge in [-0.1, -0.05) is 32.3 Å². The minimum absolute atomic E-state index is 0.0312. The van der Waals surface area contributed by atoms with Gasteiger partial charge in [0.25, 0.3) is 0 Å². The van der Waals surface area contributed by atoms with Gasteiger partial charge in [-0.3, -0.25) is 0 Å². The summed E-state index contributed by atoms with van der Waals surface area (Å²) in [4.78, 5) is 2.23. The van der Waals surface area contributed by atoms with Crippen molar-refractivity contribution in [3.63, 3.8) is 0 Å². The molecule has 1 aromatic carbocycles. The lowest BCUT2D eigenvalue weighted by Gasteiger charge is -2.30. The van der Waals surface area contributed by atoms with Gasteiger partial charge >= 0.3 is 0 Å². The van der Waals surface area contributed by atoms with Gasteiger partial charge in [0.15, 0.2) is 0 Å². The van der Waals surface area contributed by atoms with Crippen molar-refractivity contribution < 1.29 is 4.39 Å². The molecule has 1 aliphatic rings. The summed E-state index contributed by atoms with van der Waals surface area (Å²) in [6.07, 6.45) is 8.17. The number of hydrogen-bond donors (Lipinski definition) is 1. The second-order valence-electron chi connectivity index (χ2n) is 6.49. The van der Waals surface area contributed by atoms with Gasteiger partial charge in [-0.2, -0.15) is 0 Å². The average molecular weight is 292 g/mol. The molecule has 1 fully saturated rings. The summed E-state index contributed by atoms with van der Waals surface area (Å²) >= 11 is 0. The molecule has 118 valence electrons. The Morgan fingerprint density at radius 3 is 2.67 bits per heavy atom. The van der Waals surface area contributed by atoms with E-state index in [1.807, 2.05) is 12.1 Å². The molecule has 0 radical (unpaired) electrons. The first-order chi connectivity index (χ1) is 10.1. The number of halogens is 1. The fourth-order valence-corrected chi connectivity index (χ4v) is 3.37. The Labute approximate surface area is 128 Å². The van der Waals surface area contributed by atoms with Crippen molar-refractivity contribution in [2.45, 2.75) is 57.9 Å². The zero-order valence-electron chi connectivity index (χ0n) is 13.4. The van der Waals surface area contributed by atoms with E-state index >= 15 is 0 Å². The molecular weight excluding hydrogens is 263 g/mol. The Bertz CT molecular complexity index is 441. The summed E-state index contributed by atoms with van der Waals surface area (Å²) in [5.74, 6) is 0.631. The van der Waals surface area contributed by atoms with E-state index in [1.54, 1.807) is 6.07 Å². The molecule has 0 bridgehead atoms. The van der Waals surface area contributed by atoms with Crippen LogP contribution in [0.1, 0.15) is 51.0 Å². The summed E-state index contributed by atoms with van der Waals surface area (Å²) < 4.78 is 14.2. The van der Waals surface area contributed by atoms with Crippen molar-refractivity contribution in [1.82, 2.24) is 0 Å². The van der Waals surface area contributed by atoms with Crippen molar-refractivity contribution >= 4 is 5.69 Å². The molecule has 1 atom stereocenters. The summed E-state index contributed by atoms with van der Waals surface area (Å²) in [5, 5.41) is 0. The quantitative estimate of drug-likeness (QED) is 0.854. The van der Waals surface area contributed by atoms with Gasteiger partial charge in [-0.15, -0.1) is 0 Å². The van der Waals surface area contributed by atoms with Crippen LogP contribution in [-0.4, -0.2) is 19.6 Å². The van der Waals surface area contributed by atoms with Gasteiger partial charge in [0.05, 0.1) is 0 Å². The number of nitrogens with two attached hydrogens (primary N) is 1. The normalized spacial score (nSPS) is 17.7. The molecule has 0 saturated heterocycles. The highest BCUT2D eigenvalue weighted by Crippen LogP contribution is 2.29. The van der Waals surface area contributed by atoms with Crippen LogP contribution in [0, 0.1) is 11.7 Å². The first kappa shape index (κ1) is 16.3. The predicted molar refractivity (Wildman–Crippen MR) is 88.2 cm³/mol. The van der Waals surface area contributed by atoms with E-state index in [2.05, 4.69) is 18.9 Å². The van der Waals surface area contributed by atoms with Crippen LogP contribution in [0.4, 0.5) is 10.1 Å². The van der Waals surface area contributed by atoms with Crippen LogP contribution < -0.4 is 10.6 Å². The highest BCUT2D eigenvalue weighted by Gasteiger charge is 2.19. The van der Waals surface area contributed by atoms with Crippen molar-refractivity contribution in [2.24, 2.45) is 11.7 Å². The monoisotopic (exact) mass is 292 g/mol. The Balaban J connectivity index is 2.11. The maximum absolute atomic E-state index is 14.2. The van der Waals surface area contributed by atoms with Crippen LogP contribution in [0.25, 0.3) is 0 Å². The van der Waals surface area contributed by atoms with Crippen LogP contribution in [0.5, 0.6) is 0 Å². The largest absolute Gasteiger partial charge is 0.374 e. The molecule has 21 heavy (non-hydrogen) atoms. The summed E-state index contributed by atoms with van der Waals surface area (Å²) in [7, 11) is 2.09. The molecule has 2 N–H and O–H groups in total. The Morgan fingerprint density at radius 2 is 2.00 bits per heavy atom. The van der Waals surface area contributed by atoms with E-state index < -0.39 is 0 Å². The molecule has 0 aliphatic heterocycles. The zero-order chi connectivity index (χ0) is 15.2. The third-order valence-corrected chi connectivity index (χ3v) is 4.75. The second kappa shape index (κ2) is 7.79. The maximum Gasteiger partial charge on any atom is 0.128 e. The van der Waals surface area contributed by atoms with E-state index in [4.69, 9.17) is 5.73 Å². The number of rotatable bonds is 6. The lowest BCUT2D eigenvalue weighted by molar-refractivity contribution is 0.362. The van der Waals surface area contributed by atoms with Crippen molar-refractivity contribution in [1.29, 1.82) is 0 Å². The van der Waals surface area contributed by atoms with Gasteiger partial charge in [0, 0.05) is 30.9 Å². The van der Waals surface area contributed by atoms with Gasteiger partial charge in [-0.25, -0.2) is 4.39 Å². The zero-order valence-corrected chi connectivity index (χ0v) is 13.4. The lowest BCUT2D eigenvalue weighted by atomic mass is 9.88. The predicted octanol–water partition coefficient (Wildman–Crippen LogP) is 4.12. The summed E-state index contributed by atoms with van der Waals surface area (Å²) in [6.45, 7) is 3.08. The Kier molecular flexibility index (Phi) is 6.04. The second-order valence-corrected chi connectivity index (χ2v) is 6.49. The number of benzene rings is 1. The van der Waals surface area contributed by atoms with Crippen molar-refractivity contribution in [3.8, 4) is 0 Å².